The van der Waals surface area contributed by atoms with E-state index in [1.54, 1.807) is 0 Å². The molecule has 1 amide bonds. The molecular formula is C23H17F4N5O4. The fourth-order valence-electron chi connectivity index (χ4n) is 3.36. The van der Waals surface area contributed by atoms with Crippen LogP contribution in [-0.2, 0) is 6.18 Å². The summed E-state index contributed by atoms with van der Waals surface area (Å²) in [5.41, 5.74) is -1.89. The lowest BCUT2D eigenvalue weighted by molar-refractivity contribution is -0.137. The van der Waals surface area contributed by atoms with Crippen LogP contribution in [0.25, 0.3) is 16.9 Å². The lowest BCUT2D eigenvalue weighted by atomic mass is 10.0. The van der Waals surface area contributed by atoms with Crippen molar-refractivity contribution in [1.29, 1.82) is 0 Å². The van der Waals surface area contributed by atoms with Crippen molar-refractivity contribution in [2.45, 2.75) is 13.1 Å². The van der Waals surface area contributed by atoms with Crippen molar-refractivity contribution in [3.05, 3.63) is 83.6 Å². The fourth-order valence-corrected chi connectivity index (χ4v) is 3.36. The van der Waals surface area contributed by atoms with Gasteiger partial charge in [-0.2, -0.15) is 18.3 Å². The van der Waals surface area contributed by atoms with Gasteiger partial charge in [-0.1, -0.05) is 18.2 Å². The summed E-state index contributed by atoms with van der Waals surface area (Å²) in [6, 6.07) is 7.04. The molecule has 0 atom stereocenters. The minimum absolute atomic E-state index is 0.0805. The number of aliphatic hydroxyl groups is 2. The highest BCUT2D eigenvalue weighted by atomic mass is 19.4. The van der Waals surface area contributed by atoms with Crippen molar-refractivity contribution in [2.24, 2.45) is 0 Å². The van der Waals surface area contributed by atoms with E-state index in [-0.39, 0.29) is 39.7 Å². The van der Waals surface area contributed by atoms with Gasteiger partial charge in [-0.15, -0.1) is 0 Å². The maximum Gasteiger partial charge on any atom is 0.417 e. The molecule has 13 heteroatoms. The van der Waals surface area contributed by atoms with Gasteiger partial charge in [-0.3, -0.25) is 9.78 Å². The van der Waals surface area contributed by atoms with Crippen molar-refractivity contribution in [3.63, 3.8) is 0 Å². The topological polar surface area (TPSA) is 122 Å². The summed E-state index contributed by atoms with van der Waals surface area (Å²) in [4.78, 5) is 20.9. The number of alkyl halides is 3. The number of imidazole rings is 1. The first-order valence-corrected chi connectivity index (χ1v) is 10.2. The molecule has 0 aliphatic heterocycles. The van der Waals surface area contributed by atoms with E-state index in [0.29, 0.717) is 0 Å². The number of nitrogens with one attached hydrogen (secondary N) is 1. The second-order valence-electron chi connectivity index (χ2n) is 7.41. The largest absolute Gasteiger partial charge is 0.507 e. The predicted octanol–water partition coefficient (Wildman–Crippen LogP) is 4.28. The van der Waals surface area contributed by atoms with E-state index in [1.807, 2.05) is 0 Å². The minimum Gasteiger partial charge on any atom is -0.507 e. The molecule has 3 aromatic heterocycles. The smallest absolute Gasteiger partial charge is 0.417 e. The van der Waals surface area contributed by atoms with Gasteiger partial charge in [0.1, 0.15) is 12.9 Å². The van der Waals surface area contributed by atoms with Crippen LogP contribution in [0.5, 0.6) is 5.75 Å². The van der Waals surface area contributed by atoms with Gasteiger partial charge >= 0.3 is 6.18 Å². The van der Waals surface area contributed by atoms with E-state index in [0.717, 1.165) is 29.1 Å². The number of halogens is 4. The number of carbonyl (C=O) groups excluding carboxylic acids is 1. The molecule has 1 aromatic carbocycles. The summed E-state index contributed by atoms with van der Waals surface area (Å²) in [5, 5.41) is 25.1. The van der Waals surface area contributed by atoms with Crippen LogP contribution in [0.2, 0.25) is 0 Å². The van der Waals surface area contributed by atoms with Gasteiger partial charge < -0.3 is 20.3 Å². The number of pyridine rings is 1. The molecule has 4 aromatic rings. The van der Waals surface area contributed by atoms with E-state index in [9.17, 15) is 27.5 Å². The number of hydrogen-bond acceptors (Lipinski definition) is 7. The van der Waals surface area contributed by atoms with Crippen molar-refractivity contribution >= 4 is 17.2 Å². The monoisotopic (exact) mass is 503 g/mol. The first kappa shape index (κ1) is 24.6. The van der Waals surface area contributed by atoms with Gasteiger partial charge in [0.25, 0.3) is 5.91 Å². The average Bonchev–Trinajstić information content (AvgIpc) is 3.19. The molecule has 0 bridgehead atoms. The first-order valence-electron chi connectivity index (χ1n) is 10.2. The predicted molar refractivity (Wildman–Crippen MR) is 119 cm³/mol. The third-order valence-corrected chi connectivity index (χ3v) is 4.95. The number of hydrogen-bond donors (Lipinski definition) is 3. The second kappa shape index (κ2) is 9.62. The molecule has 4 rings (SSSR count). The molecule has 0 fully saturated rings. The fraction of sp³-hybridized carbons (Fsp3) is 0.130. The molecule has 0 spiro atoms. The van der Waals surface area contributed by atoms with Crippen molar-refractivity contribution in [2.75, 3.05) is 11.9 Å². The Hall–Kier alpha value is -4.52. The number of aryl methyl sites for hydroxylation is 1. The molecule has 0 unspecified atom stereocenters. The highest BCUT2D eigenvalue weighted by molar-refractivity contribution is 6.04. The highest BCUT2D eigenvalue weighted by Crippen LogP contribution is 2.38. The Labute approximate surface area is 200 Å². The van der Waals surface area contributed by atoms with Gasteiger partial charge in [-0.05, 0) is 19.1 Å². The molecule has 0 saturated heterocycles. The first-order chi connectivity index (χ1) is 17.1. The zero-order chi connectivity index (χ0) is 26.0. The van der Waals surface area contributed by atoms with E-state index >= 15 is 0 Å². The summed E-state index contributed by atoms with van der Waals surface area (Å²) in [6.07, 6.45) is -1.79. The Morgan fingerprint density at radius 3 is 2.69 bits per heavy atom. The molecule has 186 valence electrons. The number of aliphatic hydroxyl groups excluding tert-OH is 2. The number of ether oxygens (including phenoxy) is 1. The average molecular weight is 503 g/mol. The van der Waals surface area contributed by atoms with Crippen molar-refractivity contribution in [3.8, 4) is 17.0 Å². The Morgan fingerprint density at radius 1 is 1.25 bits per heavy atom. The van der Waals surface area contributed by atoms with Crippen LogP contribution < -0.4 is 10.1 Å². The minimum atomic E-state index is -4.72. The molecule has 9 nitrogen and oxygen atoms in total. The third-order valence-electron chi connectivity index (χ3n) is 4.95. The zero-order valence-corrected chi connectivity index (χ0v) is 18.4. The van der Waals surface area contributed by atoms with Gasteiger partial charge in [0, 0.05) is 17.8 Å². The maximum atomic E-state index is 14.0. The molecule has 0 radical (unpaired) electrons. The lowest BCUT2D eigenvalue weighted by Crippen LogP contribution is -2.18. The van der Waals surface area contributed by atoms with E-state index in [1.165, 1.54) is 37.4 Å². The third kappa shape index (κ3) is 4.81. The van der Waals surface area contributed by atoms with E-state index in [4.69, 9.17) is 9.84 Å². The van der Waals surface area contributed by atoms with Crippen LogP contribution in [0.3, 0.4) is 0 Å². The Balaban J connectivity index is 1.93. The molecule has 0 aliphatic rings. The van der Waals surface area contributed by atoms with Crippen molar-refractivity contribution in [1.82, 2.24) is 19.6 Å². The number of aromatic nitrogens is 4. The molecule has 36 heavy (non-hydrogen) atoms. The molecule has 3 N–H and O–H groups in total. The summed E-state index contributed by atoms with van der Waals surface area (Å²) >= 11 is 0. The Kier molecular flexibility index (Phi) is 6.57. The quantitative estimate of drug-likeness (QED) is 0.265. The highest BCUT2D eigenvalue weighted by Gasteiger charge is 2.34. The number of benzene rings is 1. The summed E-state index contributed by atoms with van der Waals surface area (Å²) in [7, 11) is 0. The van der Waals surface area contributed by atoms with Crippen LogP contribution in [0.4, 0.5) is 23.2 Å². The SMILES string of the molecule is Cc1nc2c(O/C=C(/O)CO)cc(-c3ccccc3C(F)(F)F)nn2c1C(=O)Nc1ccncc1F. The molecule has 0 aliphatic carbocycles. The summed E-state index contributed by atoms with van der Waals surface area (Å²) in [6.45, 7) is 0.685. The number of amides is 1. The van der Waals surface area contributed by atoms with Gasteiger partial charge in [-0.25, -0.2) is 13.9 Å². The summed E-state index contributed by atoms with van der Waals surface area (Å²) < 4.78 is 61.4. The van der Waals surface area contributed by atoms with Crippen LogP contribution in [-0.4, -0.2) is 42.3 Å². The van der Waals surface area contributed by atoms with Crippen LogP contribution in [0, 0.1) is 12.7 Å². The van der Waals surface area contributed by atoms with Gasteiger partial charge in [0.15, 0.2) is 28.7 Å². The number of nitrogens with zero attached hydrogens (tertiary/aromatic N) is 4. The maximum absolute atomic E-state index is 14.0. The second-order valence-corrected chi connectivity index (χ2v) is 7.41. The Morgan fingerprint density at radius 2 is 2.00 bits per heavy atom. The van der Waals surface area contributed by atoms with Crippen LogP contribution >= 0.6 is 0 Å². The van der Waals surface area contributed by atoms with Gasteiger partial charge in [0.2, 0.25) is 0 Å². The number of fused-ring (bicyclic) bond motifs is 1. The van der Waals surface area contributed by atoms with Crippen LogP contribution in [0.1, 0.15) is 21.7 Å². The molecule has 0 saturated carbocycles. The van der Waals surface area contributed by atoms with Gasteiger partial charge in [0.05, 0.1) is 28.8 Å². The lowest BCUT2D eigenvalue weighted by Gasteiger charge is -2.14. The molecular weight excluding hydrogens is 486 g/mol. The van der Waals surface area contributed by atoms with E-state index < -0.39 is 35.8 Å². The van der Waals surface area contributed by atoms with Crippen LogP contribution in [0.15, 0.2) is 60.8 Å². The molecule has 3 heterocycles. The zero-order valence-electron chi connectivity index (χ0n) is 18.4. The summed E-state index contributed by atoms with van der Waals surface area (Å²) in [5.74, 6) is -2.40. The van der Waals surface area contributed by atoms with Crippen molar-refractivity contribution < 1.29 is 37.3 Å². The Bertz CT molecular complexity index is 1480. The van der Waals surface area contributed by atoms with E-state index in [2.05, 4.69) is 20.4 Å². The normalized spacial score (nSPS) is 12.1. The number of anilines is 1. The number of carbonyl (C=O) groups is 1. The standard InChI is InChI=1S/C23H17F4N5O4/c1-12-20(22(35)30-17-6-7-28-9-16(17)24)32-21(29-12)19(36-11-13(34)10-33)8-18(31-32)14-4-2-3-5-15(14)23(25,26)27/h2-9,11,33-34H,10H2,1H3,(H,28,30,35)/b13-11+. The number of rotatable bonds is 6.